The number of aromatic nitrogens is 3. The molecule has 0 atom stereocenters. The maximum atomic E-state index is 12.6. The third kappa shape index (κ3) is 5.97. The second-order valence-corrected chi connectivity index (χ2v) is 6.48. The molecule has 144 valence electrons. The zero-order valence-electron chi connectivity index (χ0n) is 15.7. The van der Waals surface area contributed by atoms with E-state index in [4.69, 9.17) is 4.74 Å². The largest absolute Gasteiger partial charge is 0.379 e. The number of nitrogens with zero attached hydrogens (tertiary/aromatic N) is 5. The van der Waals surface area contributed by atoms with Crippen molar-refractivity contribution >= 4 is 11.9 Å². The van der Waals surface area contributed by atoms with E-state index in [1.54, 1.807) is 36.6 Å². The molecule has 1 aliphatic heterocycles. The summed E-state index contributed by atoms with van der Waals surface area (Å²) in [6.07, 6.45) is 5.92. The van der Waals surface area contributed by atoms with E-state index in [1.165, 1.54) is 0 Å². The Morgan fingerprint density at radius 3 is 2.78 bits per heavy atom. The fraction of sp³-hybridized carbons (Fsp3) is 0.474. The number of nitrogens with one attached hydrogen (secondary N) is 1. The highest BCUT2D eigenvalue weighted by molar-refractivity contribution is 5.92. The third-order valence-electron chi connectivity index (χ3n) is 4.52. The zero-order chi connectivity index (χ0) is 18.9. The van der Waals surface area contributed by atoms with Crippen LogP contribution in [0, 0.1) is 0 Å². The smallest absolute Gasteiger partial charge is 0.272 e. The predicted octanol–water partition coefficient (Wildman–Crippen LogP) is 0.930. The molecule has 3 heterocycles. The van der Waals surface area contributed by atoms with Gasteiger partial charge in [0, 0.05) is 58.4 Å². The van der Waals surface area contributed by atoms with Crippen molar-refractivity contribution in [1.82, 2.24) is 24.8 Å². The van der Waals surface area contributed by atoms with Gasteiger partial charge in [0.25, 0.3) is 5.91 Å². The van der Waals surface area contributed by atoms with Crippen LogP contribution in [0.3, 0.4) is 0 Å². The molecule has 3 rings (SSSR count). The van der Waals surface area contributed by atoms with Gasteiger partial charge < -0.3 is 15.0 Å². The van der Waals surface area contributed by atoms with E-state index in [-0.39, 0.29) is 5.91 Å². The van der Waals surface area contributed by atoms with Crippen LogP contribution < -0.4 is 5.32 Å². The molecule has 8 nitrogen and oxygen atoms in total. The molecule has 0 bridgehead atoms. The summed E-state index contributed by atoms with van der Waals surface area (Å²) in [4.78, 5) is 29.2. The van der Waals surface area contributed by atoms with E-state index in [0.29, 0.717) is 18.2 Å². The number of carbonyl (C=O) groups excluding carboxylic acids is 1. The summed E-state index contributed by atoms with van der Waals surface area (Å²) in [7, 11) is 1.79. The number of hydrogen-bond donors (Lipinski definition) is 1. The van der Waals surface area contributed by atoms with E-state index in [0.717, 1.165) is 51.4 Å². The summed E-state index contributed by atoms with van der Waals surface area (Å²) in [5.74, 6) is 0.374. The molecule has 0 saturated carbocycles. The molecule has 8 heteroatoms. The van der Waals surface area contributed by atoms with Gasteiger partial charge in [-0.05, 0) is 30.2 Å². The number of amides is 1. The normalized spacial score (nSPS) is 14.7. The van der Waals surface area contributed by atoms with Crippen molar-refractivity contribution in [2.45, 2.75) is 6.42 Å². The lowest BCUT2D eigenvalue weighted by molar-refractivity contribution is 0.0398. The van der Waals surface area contributed by atoms with E-state index < -0.39 is 0 Å². The number of rotatable bonds is 8. The number of carbonyl (C=O) groups is 1. The molecule has 2 aromatic rings. The predicted molar refractivity (Wildman–Crippen MR) is 103 cm³/mol. The van der Waals surface area contributed by atoms with Gasteiger partial charge in [-0.15, -0.1) is 0 Å². The lowest BCUT2D eigenvalue weighted by atomic mass is 10.2. The van der Waals surface area contributed by atoms with Crippen LogP contribution in [0.2, 0.25) is 0 Å². The van der Waals surface area contributed by atoms with Crippen molar-refractivity contribution in [3.8, 4) is 0 Å². The molecule has 1 amide bonds. The number of pyridine rings is 1. The minimum absolute atomic E-state index is 0.109. The Hall–Kier alpha value is -2.58. The van der Waals surface area contributed by atoms with Gasteiger partial charge in [-0.1, -0.05) is 0 Å². The Morgan fingerprint density at radius 1 is 1.22 bits per heavy atom. The third-order valence-corrected chi connectivity index (χ3v) is 4.52. The summed E-state index contributed by atoms with van der Waals surface area (Å²) in [5.41, 5.74) is 1.55. The van der Waals surface area contributed by atoms with Gasteiger partial charge in [0.1, 0.15) is 5.69 Å². The summed E-state index contributed by atoms with van der Waals surface area (Å²) in [5, 5.41) is 3.20. The van der Waals surface area contributed by atoms with Crippen LogP contribution in [0.15, 0.2) is 36.8 Å². The lowest BCUT2D eigenvalue weighted by Crippen LogP contribution is -2.39. The van der Waals surface area contributed by atoms with Crippen molar-refractivity contribution in [3.63, 3.8) is 0 Å². The average Bonchev–Trinajstić information content (AvgIpc) is 2.73. The topological polar surface area (TPSA) is 83.5 Å². The van der Waals surface area contributed by atoms with Crippen LogP contribution in [-0.4, -0.2) is 83.6 Å². The van der Waals surface area contributed by atoms with Gasteiger partial charge in [0.15, 0.2) is 0 Å². The molecule has 0 radical (unpaired) electrons. The fourth-order valence-corrected chi connectivity index (χ4v) is 2.86. The molecule has 0 spiro atoms. The maximum absolute atomic E-state index is 12.6. The van der Waals surface area contributed by atoms with Gasteiger partial charge in [-0.2, -0.15) is 0 Å². The first-order valence-corrected chi connectivity index (χ1v) is 9.24. The Labute approximate surface area is 159 Å². The van der Waals surface area contributed by atoms with Gasteiger partial charge >= 0.3 is 0 Å². The average molecular weight is 370 g/mol. The highest BCUT2D eigenvalue weighted by atomic mass is 16.5. The molecule has 1 saturated heterocycles. The number of ether oxygens (including phenoxy) is 1. The van der Waals surface area contributed by atoms with Gasteiger partial charge in [-0.3, -0.25) is 14.7 Å². The molecule has 2 aromatic heterocycles. The van der Waals surface area contributed by atoms with E-state index >= 15 is 0 Å². The Kier molecular flexibility index (Phi) is 7.06. The van der Waals surface area contributed by atoms with Crippen molar-refractivity contribution in [2.75, 3.05) is 58.3 Å². The van der Waals surface area contributed by atoms with Gasteiger partial charge in [0.2, 0.25) is 5.95 Å². The van der Waals surface area contributed by atoms with Crippen LogP contribution in [0.1, 0.15) is 16.1 Å². The molecule has 1 fully saturated rings. The van der Waals surface area contributed by atoms with Gasteiger partial charge in [-0.25, -0.2) is 9.97 Å². The summed E-state index contributed by atoms with van der Waals surface area (Å²) < 4.78 is 5.34. The molecule has 0 unspecified atom stereocenters. The standard InChI is InChI=1S/C19H26N6O2/c1-24(10-5-16-2-6-20-7-3-16)18(26)17-4-8-21-19(23-17)22-9-11-25-12-14-27-15-13-25/h2-4,6-8H,5,9-15H2,1H3,(H,21,22,23). The molecular weight excluding hydrogens is 344 g/mol. The van der Waals surface area contributed by atoms with E-state index in [9.17, 15) is 4.79 Å². The van der Waals surface area contributed by atoms with Crippen molar-refractivity contribution in [3.05, 3.63) is 48.0 Å². The molecular formula is C19H26N6O2. The number of anilines is 1. The molecule has 0 aliphatic carbocycles. The zero-order valence-corrected chi connectivity index (χ0v) is 15.7. The second-order valence-electron chi connectivity index (χ2n) is 6.48. The van der Waals surface area contributed by atoms with Crippen molar-refractivity contribution in [2.24, 2.45) is 0 Å². The molecule has 1 aliphatic rings. The first kappa shape index (κ1) is 19.2. The van der Waals surface area contributed by atoms with Crippen LogP contribution >= 0.6 is 0 Å². The van der Waals surface area contributed by atoms with E-state index in [1.807, 2.05) is 12.1 Å². The quantitative estimate of drug-likeness (QED) is 0.740. The Morgan fingerprint density at radius 2 is 2.00 bits per heavy atom. The van der Waals surface area contributed by atoms with Crippen molar-refractivity contribution in [1.29, 1.82) is 0 Å². The van der Waals surface area contributed by atoms with Crippen LogP contribution in [0.5, 0.6) is 0 Å². The lowest BCUT2D eigenvalue weighted by Gasteiger charge is -2.26. The van der Waals surface area contributed by atoms with E-state index in [2.05, 4.69) is 25.2 Å². The SMILES string of the molecule is CN(CCc1ccncc1)C(=O)c1ccnc(NCCN2CCOCC2)n1. The fourth-order valence-electron chi connectivity index (χ4n) is 2.86. The second kappa shape index (κ2) is 9.94. The first-order valence-electron chi connectivity index (χ1n) is 9.24. The Balaban J connectivity index is 1.48. The molecule has 27 heavy (non-hydrogen) atoms. The number of hydrogen-bond acceptors (Lipinski definition) is 7. The van der Waals surface area contributed by atoms with Gasteiger partial charge in [0.05, 0.1) is 13.2 Å². The van der Waals surface area contributed by atoms with Crippen molar-refractivity contribution < 1.29 is 9.53 Å². The number of likely N-dealkylation sites (N-methyl/N-ethyl adjacent to an activating group) is 1. The van der Waals surface area contributed by atoms with Crippen LogP contribution in [0.25, 0.3) is 0 Å². The maximum Gasteiger partial charge on any atom is 0.272 e. The summed E-state index contributed by atoms with van der Waals surface area (Å²) >= 11 is 0. The van der Waals surface area contributed by atoms with Crippen LogP contribution in [-0.2, 0) is 11.2 Å². The minimum Gasteiger partial charge on any atom is -0.379 e. The summed E-state index contributed by atoms with van der Waals surface area (Å²) in [6, 6.07) is 5.57. The highest BCUT2D eigenvalue weighted by Gasteiger charge is 2.14. The summed E-state index contributed by atoms with van der Waals surface area (Å²) in [6.45, 7) is 5.71. The molecule has 0 aromatic carbocycles. The number of morpholine rings is 1. The monoisotopic (exact) mass is 370 g/mol. The minimum atomic E-state index is -0.109. The van der Waals surface area contributed by atoms with Crippen LogP contribution in [0.4, 0.5) is 5.95 Å². The Bertz CT molecular complexity index is 721. The molecule has 1 N–H and O–H groups in total. The highest BCUT2D eigenvalue weighted by Crippen LogP contribution is 2.06. The first-order chi connectivity index (χ1) is 13.2.